The lowest BCUT2D eigenvalue weighted by atomic mass is 10.3. The molecule has 6 nitrogen and oxygen atoms in total. The van der Waals surface area contributed by atoms with Crippen LogP contribution in [-0.4, -0.2) is 34.2 Å². The number of nitrogen functional groups attached to an aromatic ring is 1. The molecule has 2 aromatic rings. The Labute approximate surface area is 109 Å². The summed E-state index contributed by atoms with van der Waals surface area (Å²) in [7, 11) is 1.52. The number of hydrogen-bond acceptors (Lipinski definition) is 5. The van der Waals surface area contributed by atoms with Gasteiger partial charge < -0.3 is 11.1 Å². The molecule has 0 atom stereocenters. The lowest BCUT2D eigenvalue weighted by molar-refractivity contribution is 0.0959. The minimum Gasteiger partial charge on any atom is -0.382 e. The molecule has 0 saturated heterocycles. The standard InChI is InChI=1S/C11H13N5OS/c1-13-11(17)9-10(12)16(15-14-9)7-4-3-5-8(6-7)18-2/h3-6H,12H2,1-2H3,(H,13,17). The normalized spacial score (nSPS) is 10.3. The maximum Gasteiger partial charge on any atom is 0.275 e. The van der Waals surface area contributed by atoms with E-state index in [0.29, 0.717) is 0 Å². The first kappa shape index (κ1) is 12.4. The highest BCUT2D eigenvalue weighted by Gasteiger charge is 2.16. The number of carbonyl (C=O) groups is 1. The molecule has 1 amide bonds. The third kappa shape index (κ3) is 2.17. The van der Waals surface area contributed by atoms with Crippen LogP contribution < -0.4 is 11.1 Å². The molecule has 0 aliphatic rings. The van der Waals surface area contributed by atoms with Crippen molar-refractivity contribution in [1.29, 1.82) is 0 Å². The van der Waals surface area contributed by atoms with Crippen molar-refractivity contribution in [2.24, 2.45) is 0 Å². The maximum atomic E-state index is 11.5. The summed E-state index contributed by atoms with van der Waals surface area (Å²) >= 11 is 1.62. The summed E-state index contributed by atoms with van der Waals surface area (Å²) in [4.78, 5) is 12.6. The van der Waals surface area contributed by atoms with E-state index in [2.05, 4.69) is 15.6 Å². The maximum absolute atomic E-state index is 11.5. The van der Waals surface area contributed by atoms with Crippen LogP contribution in [0.4, 0.5) is 5.82 Å². The zero-order valence-corrected chi connectivity index (χ0v) is 10.9. The lowest BCUT2D eigenvalue weighted by Crippen LogP contribution is -2.19. The highest BCUT2D eigenvalue weighted by Crippen LogP contribution is 2.20. The van der Waals surface area contributed by atoms with Crippen molar-refractivity contribution in [2.75, 3.05) is 19.0 Å². The number of aromatic nitrogens is 3. The van der Waals surface area contributed by atoms with Gasteiger partial charge in [0.1, 0.15) is 0 Å². The highest BCUT2D eigenvalue weighted by molar-refractivity contribution is 7.98. The zero-order chi connectivity index (χ0) is 13.1. The van der Waals surface area contributed by atoms with E-state index in [9.17, 15) is 4.79 Å². The molecule has 7 heteroatoms. The van der Waals surface area contributed by atoms with E-state index in [-0.39, 0.29) is 17.4 Å². The van der Waals surface area contributed by atoms with Crippen LogP contribution in [0.1, 0.15) is 10.5 Å². The first-order valence-corrected chi connectivity index (χ1v) is 6.47. The quantitative estimate of drug-likeness (QED) is 0.805. The molecular weight excluding hydrogens is 250 g/mol. The molecule has 0 unspecified atom stereocenters. The minimum atomic E-state index is -0.347. The van der Waals surface area contributed by atoms with E-state index in [0.717, 1.165) is 10.6 Å². The molecule has 0 aliphatic heterocycles. The van der Waals surface area contributed by atoms with Crippen LogP contribution in [0.2, 0.25) is 0 Å². The molecule has 0 aliphatic carbocycles. The van der Waals surface area contributed by atoms with Crippen LogP contribution in [-0.2, 0) is 0 Å². The van der Waals surface area contributed by atoms with Gasteiger partial charge in [-0.3, -0.25) is 4.79 Å². The largest absolute Gasteiger partial charge is 0.382 e. The first-order chi connectivity index (χ1) is 8.67. The third-order valence-corrected chi connectivity index (χ3v) is 3.17. The van der Waals surface area contributed by atoms with E-state index in [1.165, 1.54) is 11.7 Å². The van der Waals surface area contributed by atoms with Gasteiger partial charge in [0.05, 0.1) is 5.69 Å². The Morgan fingerprint density at radius 2 is 2.28 bits per heavy atom. The second kappa shape index (κ2) is 5.09. The Morgan fingerprint density at radius 3 is 2.94 bits per heavy atom. The zero-order valence-electron chi connectivity index (χ0n) is 10.0. The molecule has 2 rings (SSSR count). The Bertz CT molecular complexity index is 581. The molecule has 0 fully saturated rings. The smallest absolute Gasteiger partial charge is 0.275 e. The van der Waals surface area contributed by atoms with Gasteiger partial charge in [-0.05, 0) is 24.5 Å². The molecule has 1 heterocycles. The van der Waals surface area contributed by atoms with Crippen LogP contribution in [0, 0.1) is 0 Å². The molecule has 18 heavy (non-hydrogen) atoms. The molecule has 0 bridgehead atoms. The predicted molar refractivity (Wildman–Crippen MR) is 70.9 cm³/mol. The van der Waals surface area contributed by atoms with Gasteiger partial charge in [0.15, 0.2) is 11.5 Å². The van der Waals surface area contributed by atoms with Crippen molar-refractivity contribution in [2.45, 2.75) is 4.90 Å². The third-order valence-electron chi connectivity index (χ3n) is 2.44. The number of thioether (sulfide) groups is 1. The summed E-state index contributed by atoms with van der Waals surface area (Å²) < 4.78 is 1.45. The topological polar surface area (TPSA) is 85.8 Å². The average molecular weight is 263 g/mol. The molecule has 94 valence electrons. The molecule has 1 aromatic heterocycles. The fourth-order valence-corrected chi connectivity index (χ4v) is 1.96. The van der Waals surface area contributed by atoms with Gasteiger partial charge in [-0.15, -0.1) is 16.9 Å². The van der Waals surface area contributed by atoms with Crippen molar-refractivity contribution >= 4 is 23.5 Å². The summed E-state index contributed by atoms with van der Waals surface area (Å²) in [6.45, 7) is 0. The first-order valence-electron chi connectivity index (χ1n) is 5.25. The van der Waals surface area contributed by atoms with E-state index in [1.54, 1.807) is 11.8 Å². The molecule has 0 saturated carbocycles. The van der Waals surface area contributed by atoms with E-state index < -0.39 is 0 Å². The number of anilines is 1. The van der Waals surface area contributed by atoms with E-state index in [1.807, 2.05) is 30.5 Å². The van der Waals surface area contributed by atoms with Crippen LogP contribution in [0.25, 0.3) is 5.69 Å². The van der Waals surface area contributed by atoms with Gasteiger partial charge in [0.25, 0.3) is 5.91 Å². The molecule has 1 aromatic carbocycles. The van der Waals surface area contributed by atoms with Crippen molar-refractivity contribution < 1.29 is 4.79 Å². The van der Waals surface area contributed by atoms with Crippen molar-refractivity contribution in [1.82, 2.24) is 20.3 Å². The molecule has 0 spiro atoms. The Balaban J connectivity index is 2.45. The average Bonchev–Trinajstić information content (AvgIpc) is 2.80. The van der Waals surface area contributed by atoms with Gasteiger partial charge in [-0.1, -0.05) is 11.3 Å². The highest BCUT2D eigenvalue weighted by atomic mass is 32.2. The Morgan fingerprint density at radius 1 is 1.50 bits per heavy atom. The van der Waals surface area contributed by atoms with Gasteiger partial charge in [0.2, 0.25) is 0 Å². The monoisotopic (exact) mass is 263 g/mol. The Hall–Kier alpha value is -2.02. The number of benzene rings is 1. The molecule has 0 radical (unpaired) electrons. The van der Waals surface area contributed by atoms with Gasteiger partial charge in [-0.2, -0.15) is 4.68 Å². The molecule has 3 N–H and O–H groups in total. The van der Waals surface area contributed by atoms with Gasteiger partial charge >= 0.3 is 0 Å². The number of nitrogens with one attached hydrogen (secondary N) is 1. The van der Waals surface area contributed by atoms with E-state index >= 15 is 0 Å². The SMILES string of the molecule is CNC(=O)c1nnn(-c2cccc(SC)c2)c1N. The number of amides is 1. The number of nitrogens with two attached hydrogens (primary N) is 1. The number of hydrogen-bond donors (Lipinski definition) is 2. The van der Waals surface area contributed by atoms with Crippen LogP contribution in [0.5, 0.6) is 0 Å². The van der Waals surface area contributed by atoms with Gasteiger partial charge in [-0.25, -0.2) is 0 Å². The van der Waals surface area contributed by atoms with Crippen molar-refractivity contribution in [3.63, 3.8) is 0 Å². The van der Waals surface area contributed by atoms with Crippen LogP contribution in [0.3, 0.4) is 0 Å². The minimum absolute atomic E-state index is 0.132. The molecular formula is C11H13N5OS. The second-order valence-electron chi connectivity index (χ2n) is 3.52. The second-order valence-corrected chi connectivity index (χ2v) is 4.40. The summed E-state index contributed by atoms with van der Waals surface area (Å²) in [5.41, 5.74) is 6.78. The summed E-state index contributed by atoms with van der Waals surface area (Å²) in [5, 5.41) is 10.2. The van der Waals surface area contributed by atoms with E-state index in [4.69, 9.17) is 5.73 Å². The number of rotatable bonds is 3. The summed E-state index contributed by atoms with van der Waals surface area (Å²) in [6.07, 6.45) is 1.99. The van der Waals surface area contributed by atoms with Crippen LogP contribution in [0.15, 0.2) is 29.2 Å². The number of carbonyl (C=O) groups excluding carboxylic acids is 1. The van der Waals surface area contributed by atoms with Crippen molar-refractivity contribution in [3.8, 4) is 5.69 Å². The summed E-state index contributed by atoms with van der Waals surface area (Å²) in [5.74, 6) is -0.118. The lowest BCUT2D eigenvalue weighted by Gasteiger charge is -2.04. The van der Waals surface area contributed by atoms with Gasteiger partial charge in [0, 0.05) is 11.9 Å². The Kier molecular flexibility index (Phi) is 3.52. The fourth-order valence-electron chi connectivity index (χ4n) is 1.50. The summed E-state index contributed by atoms with van der Waals surface area (Å²) in [6, 6.07) is 7.69. The number of nitrogens with zero attached hydrogens (tertiary/aromatic N) is 3. The fraction of sp³-hybridized carbons (Fsp3) is 0.182. The van der Waals surface area contributed by atoms with Crippen molar-refractivity contribution in [3.05, 3.63) is 30.0 Å². The predicted octanol–water partition coefficient (Wildman–Crippen LogP) is 0.931. The van der Waals surface area contributed by atoms with Crippen LogP contribution >= 0.6 is 11.8 Å².